The van der Waals surface area contributed by atoms with Gasteiger partial charge >= 0.3 is 0 Å². The van der Waals surface area contributed by atoms with Crippen molar-refractivity contribution in [2.24, 2.45) is 5.92 Å². The second-order valence-electron chi connectivity index (χ2n) is 5.04. The second-order valence-corrected chi connectivity index (χ2v) is 7.22. The molecule has 1 saturated carbocycles. The normalized spacial score (nSPS) is 18.2. The number of hydrogen-bond acceptors (Lipinski definition) is 3. The van der Waals surface area contributed by atoms with Gasteiger partial charge in [-0.25, -0.2) is 13.1 Å². The second kappa shape index (κ2) is 7.34. The monoisotopic (exact) mass is 262 g/mol. The zero-order chi connectivity index (χ0) is 12.7. The summed E-state index contributed by atoms with van der Waals surface area (Å²) in [5.74, 6) is 0.878. The Morgan fingerprint density at radius 3 is 2.59 bits per heavy atom. The first-order valence-electron chi connectivity index (χ1n) is 6.75. The van der Waals surface area contributed by atoms with E-state index in [4.69, 9.17) is 0 Å². The lowest BCUT2D eigenvalue weighted by Crippen LogP contribution is -2.39. The number of hydrogen-bond donors (Lipinski definition) is 2. The van der Waals surface area contributed by atoms with E-state index in [2.05, 4.69) is 17.0 Å². The highest BCUT2D eigenvalue weighted by Gasteiger charge is 2.22. The largest absolute Gasteiger partial charge is 0.315 e. The van der Waals surface area contributed by atoms with Crippen molar-refractivity contribution < 1.29 is 8.42 Å². The number of nitrogens with one attached hydrogen (secondary N) is 2. The minimum absolute atomic E-state index is 0.352. The van der Waals surface area contributed by atoms with Crippen LogP contribution in [0.2, 0.25) is 0 Å². The zero-order valence-electron chi connectivity index (χ0n) is 11.0. The molecule has 0 spiro atoms. The third-order valence-electron chi connectivity index (χ3n) is 3.18. The highest BCUT2D eigenvalue weighted by Crippen LogP contribution is 2.33. The molecule has 2 N–H and O–H groups in total. The van der Waals surface area contributed by atoms with Gasteiger partial charge in [0, 0.05) is 13.1 Å². The van der Waals surface area contributed by atoms with Crippen LogP contribution in [-0.2, 0) is 10.0 Å². The van der Waals surface area contributed by atoms with Crippen LogP contribution in [-0.4, -0.2) is 33.3 Å². The lowest BCUT2D eigenvalue weighted by molar-refractivity contribution is 0.551. The van der Waals surface area contributed by atoms with Gasteiger partial charge in [-0.2, -0.15) is 0 Å². The lowest BCUT2D eigenvalue weighted by atomic mass is 10.2. The van der Waals surface area contributed by atoms with Crippen LogP contribution in [0.4, 0.5) is 0 Å². The summed E-state index contributed by atoms with van der Waals surface area (Å²) < 4.78 is 26.4. The molecule has 0 bridgehead atoms. The summed E-state index contributed by atoms with van der Waals surface area (Å²) in [5, 5.41) is 2.79. The number of sulfonamides is 1. The van der Waals surface area contributed by atoms with Crippen molar-refractivity contribution in [1.29, 1.82) is 0 Å². The van der Waals surface area contributed by atoms with Gasteiger partial charge in [-0.15, -0.1) is 0 Å². The van der Waals surface area contributed by atoms with Gasteiger partial charge in [-0.3, -0.25) is 0 Å². The van der Waals surface area contributed by atoms with Crippen molar-refractivity contribution in [1.82, 2.24) is 10.0 Å². The van der Waals surface area contributed by atoms with Gasteiger partial charge in [-0.05, 0) is 38.6 Å². The average molecular weight is 262 g/mol. The molecule has 1 fully saturated rings. The molecule has 5 heteroatoms. The smallest absolute Gasteiger partial charge is 0.215 e. The molecule has 17 heavy (non-hydrogen) atoms. The van der Waals surface area contributed by atoms with E-state index < -0.39 is 10.0 Å². The molecular weight excluding hydrogens is 236 g/mol. The first-order valence-corrected chi connectivity index (χ1v) is 8.30. The maximum absolute atomic E-state index is 11.8. The third-order valence-corrected chi connectivity index (χ3v) is 5.01. The van der Waals surface area contributed by atoms with Gasteiger partial charge in [0.05, 0.1) is 5.25 Å². The Morgan fingerprint density at radius 2 is 2.00 bits per heavy atom. The van der Waals surface area contributed by atoms with Crippen LogP contribution in [0.3, 0.4) is 0 Å². The van der Waals surface area contributed by atoms with E-state index >= 15 is 0 Å². The predicted octanol–water partition coefficient (Wildman–Crippen LogP) is 1.48. The first-order chi connectivity index (χ1) is 8.06. The third kappa shape index (κ3) is 6.38. The maximum Gasteiger partial charge on any atom is 0.215 e. The highest BCUT2D eigenvalue weighted by atomic mass is 32.2. The molecule has 1 atom stereocenters. The molecule has 102 valence electrons. The van der Waals surface area contributed by atoms with E-state index in [9.17, 15) is 8.42 Å². The predicted molar refractivity (Wildman–Crippen MR) is 71.5 cm³/mol. The summed E-state index contributed by atoms with van der Waals surface area (Å²) in [6.45, 7) is 5.83. The first kappa shape index (κ1) is 14.9. The molecule has 1 unspecified atom stereocenters. The molecule has 0 aromatic carbocycles. The van der Waals surface area contributed by atoms with Gasteiger partial charge in [0.1, 0.15) is 0 Å². The van der Waals surface area contributed by atoms with E-state index in [0.717, 1.165) is 25.3 Å². The van der Waals surface area contributed by atoms with Crippen molar-refractivity contribution in [2.75, 3.05) is 19.6 Å². The van der Waals surface area contributed by atoms with Crippen molar-refractivity contribution in [3.63, 3.8) is 0 Å². The number of rotatable bonds is 10. The molecule has 0 amide bonds. The topological polar surface area (TPSA) is 58.2 Å². The Bertz CT molecular complexity index is 300. The Labute approximate surface area is 106 Å². The van der Waals surface area contributed by atoms with Gasteiger partial charge in [-0.1, -0.05) is 19.8 Å². The Morgan fingerprint density at radius 1 is 1.29 bits per heavy atom. The van der Waals surface area contributed by atoms with E-state index in [1.165, 1.54) is 19.3 Å². The van der Waals surface area contributed by atoms with Gasteiger partial charge in [0.15, 0.2) is 0 Å². The fraction of sp³-hybridized carbons (Fsp3) is 1.00. The summed E-state index contributed by atoms with van der Waals surface area (Å²) in [4.78, 5) is 0. The molecule has 4 nitrogen and oxygen atoms in total. The van der Waals surface area contributed by atoms with Crippen LogP contribution in [0.25, 0.3) is 0 Å². The molecule has 0 radical (unpaired) electrons. The molecule has 1 rings (SSSR count). The Balaban J connectivity index is 2.13. The van der Waals surface area contributed by atoms with Crippen molar-refractivity contribution in [3.8, 4) is 0 Å². The quantitative estimate of drug-likeness (QED) is 0.586. The van der Waals surface area contributed by atoms with E-state index in [0.29, 0.717) is 13.1 Å². The van der Waals surface area contributed by atoms with E-state index in [1.54, 1.807) is 6.92 Å². The molecule has 0 heterocycles. The summed E-state index contributed by atoms with van der Waals surface area (Å²) in [7, 11) is -3.13. The molecule has 0 aromatic rings. The van der Waals surface area contributed by atoms with Crippen LogP contribution in [0.15, 0.2) is 0 Å². The van der Waals surface area contributed by atoms with E-state index in [-0.39, 0.29) is 5.25 Å². The van der Waals surface area contributed by atoms with Gasteiger partial charge in [0.25, 0.3) is 0 Å². The summed E-state index contributed by atoms with van der Waals surface area (Å²) in [5.41, 5.74) is 0. The molecule has 1 aliphatic rings. The molecule has 0 aliphatic heterocycles. The molecule has 0 saturated heterocycles. The van der Waals surface area contributed by atoms with Crippen LogP contribution in [0, 0.1) is 5.92 Å². The minimum atomic E-state index is -3.13. The van der Waals surface area contributed by atoms with Crippen molar-refractivity contribution in [2.45, 2.75) is 51.2 Å². The van der Waals surface area contributed by atoms with Crippen LogP contribution in [0.5, 0.6) is 0 Å². The van der Waals surface area contributed by atoms with Gasteiger partial charge in [0.2, 0.25) is 10.0 Å². The minimum Gasteiger partial charge on any atom is -0.315 e. The summed E-state index contributed by atoms with van der Waals surface area (Å²) in [6.07, 6.45) is 5.85. The summed E-state index contributed by atoms with van der Waals surface area (Å²) >= 11 is 0. The fourth-order valence-electron chi connectivity index (χ4n) is 1.75. The molecule has 1 aliphatic carbocycles. The highest BCUT2D eigenvalue weighted by molar-refractivity contribution is 7.90. The zero-order valence-corrected chi connectivity index (χ0v) is 11.9. The van der Waals surface area contributed by atoms with Crippen LogP contribution < -0.4 is 10.0 Å². The maximum atomic E-state index is 11.8. The average Bonchev–Trinajstić information content (AvgIpc) is 3.08. The van der Waals surface area contributed by atoms with Gasteiger partial charge < -0.3 is 5.32 Å². The van der Waals surface area contributed by atoms with E-state index in [1.807, 2.05) is 0 Å². The van der Waals surface area contributed by atoms with Crippen LogP contribution >= 0.6 is 0 Å². The van der Waals surface area contributed by atoms with Crippen LogP contribution in [0.1, 0.15) is 46.0 Å². The Kier molecular flexibility index (Phi) is 6.44. The molecular formula is C12H26N2O2S. The SMILES string of the molecule is CCCNCC(C)S(=O)(=O)NCCCC1CC1. The van der Waals surface area contributed by atoms with Crippen molar-refractivity contribution >= 4 is 10.0 Å². The fourth-order valence-corrected chi connectivity index (χ4v) is 2.80. The standard InChI is InChI=1S/C12H26N2O2S/c1-3-8-13-10-11(2)17(15,16)14-9-4-5-12-6-7-12/h11-14H,3-10H2,1-2H3. The molecule has 0 aromatic heterocycles. The van der Waals surface area contributed by atoms with Crippen molar-refractivity contribution in [3.05, 3.63) is 0 Å². The Hall–Kier alpha value is -0.130. The summed E-state index contributed by atoms with van der Waals surface area (Å²) in [6, 6.07) is 0. The lowest BCUT2D eigenvalue weighted by Gasteiger charge is -2.14.